The van der Waals surface area contributed by atoms with Crippen molar-refractivity contribution in [3.05, 3.63) is 65.7 Å². The first-order valence-electron chi connectivity index (χ1n) is 8.94. The molecule has 0 spiro atoms. The Kier molecular flexibility index (Phi) is 6.51. The molecule has 0 aliphatic rings. The number of carbonyl (C=O) groups is 1. The number of carbonyl (C=O) groups excluding carboxylic acids is 1. The second kappa shape index (κ2) is 9.25. The van der Waals surface area contributed by atoms with Crippen molar-refractivity contribution in [3.8, 4) is 17.2 Å². The summed E-state index contributed by atoms with van der Waals surface area (Å²) in [4.78, 5) is 16.4. The van der Waals surface area contributed by atoms with Gasteiger partial charge in [-0.2, -0.15) is 5.10 Å². The van der Waals surface area contributed by atoms with Crippen LogP contribution in [0.15, 0.2) is 55.1 Å². The Morgan fingerprint density at radius 3 is 2.72 bits per heavy atom. The molecule has 0 fully saturated rings. The van der Waals surface area contributed by atoms with Gasteiger partial charge in [0.15, 0.2) is 11.5 Å². The van der Waals surface area contributed by atoms with E-state index < -0.39 is 0 Å². The SMILES string of the molecule is COc1cc(/C=C/C(=O)Nc2cc(Cl)ccc2-n2cncn2)ccc1OC(C)C. The lowest BCUT2D eigenvalue weighted by molar-refractivity contribution is -0.111. The van der Waals surface area contributed by atoms with Gasteiger partial charge in [0.05, 0.1) is 24.6 Å². The number of nitrogens with zero attached hydrogens (tertiary/aromatic N) is 3. The molecule has 0 aliphatic heterocycles. The van der Waals surface area contributed by atoms with Crippen molar-refractivity contribution in [1.29, 1.82) is 0 Å². The van der Waals surface area contributed by atoms with E-state index in [1.165, 1.54) is 12.4 Å². The van der Waals surface area contributed by atoms with Gasteiger partial charge < -0.3 is 14.8 Å². The Bertz CT molecular complexity index is 1020. The van der Waals surface area contributed by atoms with E-state index in [1.807, 2.05) is 32.0 Å². The zero-order valence-corrected chi connectivity index (χ0v) is 17.1. The quantitative estimate of drug-likeness (QED) is 0.583. The van der Waals surface area contributed by atoms with E-state index in [9.17, 15) is 4.79 Å². The van der Waals surface area contributed by atoms with E-state index in [4.69, 9.17) is 21.1 Å². The Morgan fingerprint density at radius 1 is 1.21 bits per heavy atom. The number of hydrogen-bond donors (Lipinski definition) is 1. The summed E-state index contributed by atoms with van der Waals surface area (Å²) in [6, 6.07) is 10.6. The summed E-state index contributed by atoms with van der Waals surface area (Å²) in [6.45, 7) is 3.89. The number of amides is 1. The molecule has 0 saturated heterocycles. The third-order valence-corrected chi connectivity index (χ3v) is 4.09. The van der Waals surface area contributed by atoms with Crippen LogP contribution in [-0.2, 0) is 4.79 Å². The van der Waals surface area contributed by atoms with Crippen LogP contribution in [0.5, 0.6) is 11.5 Å². The molecule has 3 rings (SSSR count). The maximum Gasteiger partial charge on any atom is 0.248 e. The van der Waals surface area contributed by atoms with Gasteiger partial charge in [-0.15, -0.1) is 0 Å². The van der Waals surface area contributed by atoms with Crippen LogP contribution in [0.1, 0.15) is 19.4 Å². The van der Waals surface area contributed by atoms with Crippen LogP contribution in [0.4, 0.5) is 5.69 Å². The van der Waals surface area contributed by atoms with Crippen LogP contribution >= 0.6 is 11.6 Å². The van der Waals surface area contributed by atoms with Gasteiger partial charge >= 0.3 is 0 Å². The zero-order chi connectivity index (χ0) is 20.8. The van der Waals surface area contributed by atoms with E-state index in [-0.39, 0.29) is 12.0 Å². The first-order valence-corrected chi connectivity index (χ1v) is 9.32. The average Bonchev–Trinajstić information content (AvgIpc) is 3.21. The summed E-state index contributed by atoms with van der Waals surface area (Å²) in [6.07, 6.45) is 6.12. The van der Waals surface area contributed by atoms with Crippen LogP contribution in [0.2, 0.25) is 5.02 Å². The van der Waals surface area contributed by atoms with Crippen molar-refractivity contribution in [2.24, 2.45) is 0 Å². The minimum absolute atomic E-state index is 0.0351. The fourth-order valence-electron chi connectivity index (χ4n) is 2.63. The van der Waals surface area contributed by atoms with Crippen molar-refractivity contribution in [1.82, 2.24) is 14.8 Å². The van der Waals surface area contributed by atoms with Crippen LogP contribution in [-0.4, -0.2) is 33.9 Å². The molecular weight excluding hydrogens is 392 g/mol. The molecule has 0 atom stereocenters. The fourth-order valence-corrected chi connectivity index (χ4v) is 2.80. The molecule has 1 heterocycles. The topological polar surface area (TPSA) is 78.3 Å². The highest BCUT2D eigenvalue weighted by molar-refractivity contribution is 6.31. The lowest BCUT2D eigenvalue weighted by Gasteiger charge is -2.13. The summed E-state index contributed by atoms with van der Waals surface area (Å²) in [7, 11) is 1.58. The van der Waals surface area contributed by atoms with Crippen LogP contribution in [0, 0.1) is 0 Å². The van der Waals surface area contributed by atoms with Crippen LogP contribution in [0.25, 0.3) is 11.8 Å². The van der Waals surface area contributed by atoms with Crippen molar-refractivity contribution in [2.75, 3.05) is 12.4 Å². The summed E-state index contributed by atoms with van der Waals surface area (Å²) in [5.41, 5.74) is 1.98. The highest BCUT2D eigenvalue weighted by atomic mass is 35.5. The Hall–Kier alpha value is -3.32. The Balaban J connectivity index is 1.76. The van der Waals surface area contributed by atoms with E-state index in [1.54, 1.807) is 42.4 Å². The predicted molar refractivity (Wildman–Crippen MR) is 113 cm³/mol. The van der Waals surface area contributed by atoms with E-state index in [0.717, 1.165) is 5.56 Å². The molecule has 1 aromatic heterocycles. The highest BCUT2D eigenvalue weighted by Crippen LogP contribution is 2.29. The number of nitrogens with one attached hydrogen (secondary N) is 1. The van der Waals surface area contributed by atoms with Gasteiger partial charge in [0, 0.05) is 11.1 Å². The van der Waals surface area contributed by atoms with Gasteiger partial charge in [0.25, 0.3) is 0 Å². The summed E-state index contributed by atoms with van der Waals surface area (Å²) >= 11 is 6.08. The molecule has 0 saturated carbocycles. The molecular formula is C21H21ClN4O3. The lowest BCUT2D eigenvalue weighted by atomic mass is 10.2. The first kappa shape index (κ1) is 20.4. The van der Waals surface area contributed by atoms with Crippen molar-refractivity contribution < 1.29 is 14.3 Å². The van der Waals surface area contributed by atoms with Crippen LogP contribution < -0.4 is 14.8 Å². The third-order valence-electron chi connectivity index (χ3n) is 3.86. The second-order valence-electron chi connectivity index (χ2n) is 6.40. The number of ether oxygens (including phenoxy) is 2. The molecule has 1 N–H and O–H groups in total. The number of benzene rings is 2. The summed E-state index contributed by atoms with van der Waals surface area (Å²) in [5.74, 6) is 0.945. The van der Waals surface area contributed by atoms with Gasteiger partial charge in [-0.1, -0.05) is 17.7 Å². The molecule has 7 nitrogen and oxygen atoms in total. The molecule has 1 amide bonds. The number of halogens is 1. The molecule has 0 unspecified atom stereocenters. The molecule has 8 heteroatoms. The normalized spacial score (nSPS) is 11.1. The Morgan fingerprint density at radius 2 is 2.03 bits per heavy atom. The Labute approximate surface area is 173 Å². The lowest BCUT2D eigenvalue weighted by Crippen LogP contribution is -2.11. The second-order valence-corrected chi connectivity index (χ2v) is 6.84. The largest absolute Gasteiger partial charge is 0.493 e. The number of rotatable bonds is 7. The van der Waals surface area contributed by atoms with E-state index >= 15 is 0 Å². The van der Waals surface area contributed by atoms with Gasteiger partial charge in [-0.25, -0.2) is 9.67 Å². The maximum atomic E-state index is 12.4. The number of aromatic nitrogens is 3. The molecule has 29 heavy (non-hydrogen) atoms. The third kappa shape index (κ3) is 5.36. The van der Waals surface area contributed by atoms with Crippen molar-refractivity contribution >= 4 is 29.3 Å². The summed E-state index contributed by atoms with van der Waals surface area (Å²) < 4.78 is 12.6. The van der Waals surface area contributed by atoms with Crippen LogP contribution in [0.3, 0.4) is 0 Å². The van der Waals surface area contributed by atoms with E-state index in [0.29, 0.717) is 27.9 Å². The molecule has 2 aromatic carbocycles. The van der Waals surface area contributed by atoms with Gasteiger partial charge in [-0.05, 0) is 55.8 Å². The van der Waals surface area contributed by atoms with Gasteiger partial charge in [-0.3, -0.25) is 4.79 Å². The molecule has 150 valence electrons. The van der Waals surface area contributed by atoms with Crippen molar-refractivity contribution in [2.45, 2.75) is 20.0 Å². The van der Waals surface area contributed by atoms with Crippen molar-refractivity contribution in [3.63, 3.8) is 0 Å². The molecule has 0 aliphatic carbocycles. The minimum Gasteiger partial charge on any atom is -0.493 e. The highest BCUT2D eigenvalue weighted by Gasteiger charge is 2.10. The summed E-state index contributed by atoms with van der Waals surface area (Å²) in [5, 5.41) is 7.41. The molecule has 3 aromatic rings. The fraction of sp³-hybridized carbons (Fsp3) is 0.190. The maximum absolute atomic E-state index is 12.4. The molecule has 0 bridgehead atoms. The monoisotopic (exact) mass is 412 g/mol. The van der Waals surface area contributed by atoms with E-state index in [2.05, 4.69) is 15.4 Å². The van der Waals surface area contributed by atoms with Gasteiger partial charge in [0.2, 0.25) is 5.91 Å². The number of methoxy groups -OCH3 is 1. The average molecular weight is 413 g/mol. The van der Waals surface area contributed by atoms with Gasteiger partial charge in [0.1, 0.15) is 12.7 Å². The smallest absolute Gasteiger partial charge is 0.248 e. The number of anilines is 1. The number of hydrogen-bond acceptors (Lipinski definition) is 5. The minimum atomic E-state index is -0.310. The zero-order valence-electron chi connectivity index (χ0n) is 16.3. The standard InChI is InChI=1S/C21H21ClN4O3/c1-14(2)29-19-8-4-15(10-20(19)28-3)5-9-21(27)25-17-11-16(22)6-7-18(17)26-13-23-12-24-26/h4-14H,1-3H3,(H,25,27)/b9-5+. The predicted octanol–water partition coefficient (Wildman–Crippen LogP) is 4.37. The molecule has 0 radical (unpaired) electrons. The first-order chi connectivity index (χ1) is 14.0.